The summed E-state index contributed by atoms with van der Waals surface area (Å²) in [5.41, 5.74) is 7.98. The quantitative estimate of drug-likeness (QED) is 0.740. The van der Waals surface area contributed by atoms with E-state index in [2.05, 4.69) is 22.0 Å². The standard InChI is InChI=1S/C17H16ClN3/c1-21(11-12-5-3-2-4-6-12)17-16-13(9-10-20-17)15(19)8-7-14(16)18/h2-10H,11,19H2,1H3. The van der Waals surface area contributed by atoms with Crippen LogP contribution in [0.3, 0.4) is 0 Å². The number of nitrogens with two attached hydrogens (primary N) is 1. The van der Waals surface area contributed by atoms with Crippen molar-refractivity contribution >= 4 is 33.9 Å². The summed E-state index contributed by atoms with van der Waals surface area (Å²) in [5, 5.41) is 2.51. The normalized spacial score (nSPS) is 10.8. The number of nitrogen functional groups attached to an aromatic ring is 1. The lowest BCUT2D eigenvalue weighted by atomic mass is 10.1. The van der Waals surface area contributed by atoms with Gasteiger partial charge in [0, 0.05) is 36.2 Å². The fourth-order valence-electron chi connectivity index (χ4n) is 2.48. The van der Waals surface area contributed by atoms with Crippen LogP contribution in [0.25, 0.3) is 10.8 Å². The predicted molar refractivity (Wildman–Crippen MR) is 89.7 cm³/mol. The summed E-state index contributed by atoms with van der Waals surface area (Å²) in [7, 11) is 2.01. The molecule has 21 heavy (non-hydrogen) atoms. The van der Waals surface area contributed by atoms with Crippen LogP contribution in [-0.2, 0) is 6.54 Å². The molecule has 2 aromatic carbocycles. The van der Waals surface area contributed by atoms with Crippen molar-refractivity contribution in [1.82, 2.24) is 4.98 Å². The number of halogens is 1. The molecule has 0 saturated heterocycles. The van der Waals surface area contributed by atoms with Crippen molar-refractivity contribution in [2.45, 2.75) is 6.54 Å². The molecule has 3 nitrogen and oxygen atoms in total. The Balaban J connectivity index is 2.06. The van der Waals surface area contributed by atoms with E-state index in [-0.39, 0.29) is 0 Å². The Kier molecular flexibility index (Phi) is 3.67. The van der Waals surface area contributed by atoms with Crippen molar-refractivity contribution in [1.29, 1.82) is 0 Å². The Morgan fingerprint density at radius 1 is 1.10 bits per heavy atom. The molecule has 1 heterocycles. The van der Waals surface area contributed by atoms with E-state index in [9.17, 15) is 0 Å². The van der Waals surface area contributed by atoms with E-state index in [0.29, 0.717) is 10.7 Å². The van der Waals surface area contributed by atoms with E-state index in [0.717, 1.165) is 23.1 Å². The van der Waals surface area contributed by atoms with Crippen molar-refractivity contribution in [3.8, 4) is 0 Å². The SMILES string of the molecule is CN(Cc1ccccc1)c1nccc2c(N)ccc(Cl)c12. The van der Waals surface area contributed by atoms with Crippen LogP contribution < -0.4 is 10.6 Å². The molecule has 1 aromatic heterocycles. The van der Waals surface area contributed by atoms with Gasteiger partial charge in [0.25, 0.3) is 0 Å². The average Bonchev–Trinajstić information content (AvgIpc) is 2.51. The zero-order chi connectivity index (χ0) is 14.8. The van der Waals surface area contributed by atoms with Gasteiger partial charge in [-0.2, -0.15) is 0 Å². The first-order valence-corrected chi connectivity index (χ1v) is 7.12. The van der Waals surface area contributed by atoms with Crippen LogP contribution >= 0.6 is 11.6 Å². The summed E-state index contributed by atoms with van der Waals surface area (Å²) in [4.78, 5) is 6.58. The predicted octanol–water partition coefficient (Wildman–Crippen LogP) is 4.11. The first kappa shape index (κ1) is 13.7. The maximum absolute atomic E-state index is 6.36. The van der Waals surface area contributed by atoms with Crippen LogP contribution in [0.15, 0.2) is 54.7 Å². The molecule has 3 rings (SSSR count). The van der Waals surface area contributed by atoms with Gasteiger partial charge in [-0.1, -0.05) is 41.9 Å². The highest BCUT2D eigenvalue weighted by molar-refractivity contribution is 6.37. The van der Waals surface area contributed by atoms with Crippen LogP contribution in [0.2, 0.25) is 5.02 Å². The Morgan fingerprint density at radius 2 is 1.86 bits per heavy atom. The number of fused-ring (bicyclic) bond motifs is 1. The minimum absolute atomic E-state index is 0.669. The number of hydrogen-bond acceptors (Lipinski definition) is 3. The zero-order valence-electron chi connectivity index (χ0n) is 11.8. The second-order valence-electron chi connectivity index (χ2n) is 5.04. The van der Waals surface area contributed by atoms with E-state index >= 15 is 0 Å². The Bertz CT molecular complexity index is 772. The van der Waals surface area contributed by atoms with Gasteiger partial charge in [-0.3, -0.25) is 0 Å². The van der Waals surface area contributed by atoms with E-state index in [1.54, 1.807) is 6.20 Å². The van der Waals surface area contributed by atoms with Crippen LogP contribution in [0.5, 0.6) is 0 Å². The third-order valence-electron chi connectivity index (χ3n) is 3.51. The molecule has 0 saturated carbocycles. The monoisotopic (exact) mass is 297 g/mol. The van der Waals surface area contributed by atoms with Crippen molar-refractivity contribution in [3.05, 3.63) is 65.3 Å². The molecule has 0 aliphatic rings. The molecule has 0 spiro atoms. The highest BCUT2D eigenvalue weighted by Gasteiger charge is 2.12. The summed E-state index contributed by atoms with van der Waals surface area (Å²) in [6.45, 7) is 0.762. The van der Waals surface area contributed by atoms with E-state index in [4.69, 9.17) is 17.3 Å². The number of rotatable bonds is 3. The largest absolute Gasteiger partial charge is 0.398 e. The summed E-state index contributed by atoms with van der Waals surface area (Å²) >= 11 is 6.36. The molecule has 0 atom stereocenters. The van der Waals surface area contributed by atoms with Gasteiger partial charge >= 0.3 is 0 Å². The van der Waals surface area contributed by atoms with Crippen LogP contribution in [-0.4, -0.2) is 12.0 Å². The molecule has 3 aromatic rings. The summed E-state index contributed by atoms with van der Waals surface area (Å²) < 4.78 is 0. The number of anilines is 2. The molecule has 0 aliphatic carbocycles. The van der Waals surface area contributed by atoms with Gasteiger partial charge in [-0.05, 0) is 23.8 Å². The van der Waals surface area contributed by atoms with Crippen molar-refractivity contribution in [2.75, 3.05) is 17.7 Å². The van der Waals surface area contributed by atoms with Crippen molar-refractivity contribution in [3.63, 3.8) is 0 Å². The second-order valence-corrected chi connectivity index (χ2v) is 5.44. The lowest BCUT2D eigenvalue weighted by molar-refractivity contribution is 0.905. The summed E-state index contributed by atoms with van der Waals surface area (Å²) in [6, 6.07) is 15.8. The van der Waals surface area contributed by atoms with E-state index < -0.39 is 0 Å². The van der Waals surface area contributed by atoms with Crippen LogP contribution in [0, 0.1) is 0 Å². The van der Waals surface area contributed by atoms with Gasteiger partial charge in [0.1, 0.15) is 5.82 Å². The van der Waals surface area contributed by atoms with Gasteiger partial charge in [0.15, 0.2) is 0 Å². The molecular formula is C17H16ClN3. The van der Waals surface area contributed by atoms with Gasteiger partial charge in [-0.25, -0.2) is 4.98 Å². The fraction of sp³-hybridized carbons (Fsp3) is 0.118. The molecule has 106 valence electrons. The van der Waals surface area contributed by atoms with E-state index in [1.807, 2.05) is 43.4 Å². The molecule has 0 bridgehead atoms. The summed E-state index contributed by atoms with van der Waals surface area (Å²) in [5.74, 6) is 0.841. The Hall–Kier alpha value is -2.26. The number of nitrogens with zero attached hydrogens (tertiary/aromatic N) is 2. The maximum Gasteiger partial charge on any atom is 0.138 e. The lowest BCUT2D eigenvalue weighted by Gasteiger charge is -2.21. The first-order valence-electron chi connectivity index (χ1n) is 6.74. The van der Waals surface area contributed by atoms with E-state index in [1.165, 1.54) is 5.56 Å². The number of pyridine rings is 1. The topological polar surface area (TPSA) is 42.2 Å². The first-order chi connectivity index (χ1) is 10.2. The maximum atomic E-state index is 6.36. The molecule has 0 amide bonds. The third-order valence-corrected chi connectivity index (χ3v) is 3.83. The molecule has 2 N–H and O–H groups in total. The van der Waals surface area contributed by atoms with Crippen molar-refractivity contribution < 1.29 is 0 Å². The van der Waals surface area contributed by atoms with Gasteiger partial charge in [0.05, 0.1) is 5.02 Å². The highest BCUT2D eigenvalue weighted by atomic mass is 35.5. The third kappa shape index (κ3) is 2.65. The second kappa shape index (κ2) is 5.62. The van der Waals surface area contributed by atoms with Crippen LogP contribution in [0.1, 0.15) is 5.56 Å². The molecule has 4 heteroatoms. The van der Waals surface area contributed by atoms with Gasteiger partial charge in [0.2, 0.25) is 0 Å². The minimum Gasteiger partial charge on any atom is -0.398 e. The molecule has 0 unspecified atom stereocenters. The smallest absolute Gasteiger partial charge is 0.138 e. The van der Waals surface area contributed by atoms with Gasteiger partial charge < -0.3 is 10.6 Å². The van der Waals surface area contributed by atoms with Gasteiger partial charge in [-0.15, -0.1) is 0 Å². The zero-order valence-corrected chi connectivity index (χ0v) is 12.5. The molecule has 0 fully saturated rings. The highest BCUT2D eigenvalue weighted by Crippen LogP contribution is 2.34. The fourth-order valence-corrected chi connectivity index (χ4v) is 2.73. The van der Waals surface area contributed by atoms with Crippen LogP contribution in [0.4, 0.5) is 11.5 Å². The van der Waals surface area contributed by atoms with Crippen molar-refractivity contribution in [2.24, 2.45) is 0 Å². The number of benzene rings is 2. The summed E-state index contributed by atoms with van der Waals surface area (Å²) in [6.07, 6.45) is 1.77. The molecule has 0 radical (unpaired) electrons. The molecule has 0 aliphatic heterocycles. The minimum atomic E-state index is 0.669. The number of hydrogen-bond donors (Lipinski definition) is 1. The Labute approximate surface area is 129 Å². The lowest BCUT2D eigenvalue weighted by Crippen LogP contribution is -2.18. The number of aromatic nitrogens is 1. The average molecular weight is 298 g/mol. The Morgan fingerprint density at radius 3 is 2.62 bits per heavy atom. The molecular weight excluding hydrogens is 282 g/mol.